The summed E-state index contributed by atoms with van der Waals surface area (Å²) in [5.41, 5.74) is 0. The molecule has 34 valence electrons. The molecule has 0 aliphatic carbocycles. The maximum absolute atomic E-state index is 3.60. The Morgan fingerprint density at radius 2 is 2.33 bits per heavy atom. The molecule has 0 amide bonds. The van der Waals surface area contributed by atoms with E-state index in [1.54, 1.807) is 0 Å². The fraction of sp³-hybridized carbons (Fsp3) is 0.800. The number of rotatable bonds is 3. The normalized spacial score (nSPS) is 7.50. The van der Waals surface area contributed by atoms with Gasteiger partial charge in [-0.05, 0) is 0 Å². The molecule has 0 saturated heterocycles. The van der Waals surface area contributed by atoms with Crippen molar-refractivity contribution in [1.29, 1.82) is 0 Å². The molecule has 0 unspecified atom stereocenters. The van der Waals surface area contributed by atoms with E-state index in [0.29, 0.717) is 0 Å². The van der Waals surface area contributed by atoms with Crippen LogP contribution in [0.5, 0.6) is 0 Å². The Labute approximate surface area is 40.5 Å². The van der Waals surface area contributed by atoms with Crippen molar-refractivity contribution in [2.75, 3.05) is 0 Å². The molecule has 0 bridgehead atoms. The van der Waals surface area contributed by atoms with E-state index in [1.807, 2.05) is 6.92 Å². The summed E-state index contributed by atoms with van der Waals surface area (Å²) in [4.78, 5) is 0. The molecule has 0 aromatic rings. The molecule has 0 radical (unpaired) electrons. The van der Waals surface area contributed by atoms with Gasteiger partial charge in [0.25, 0.3) is 0 Å². The molecule has 0 spiro atoms. The summed E-state index contributed by atoms with van der Waals surface area (Å²) in [5, 5.41) is 0. The number of hydrogen-bond acceptors (Lipinski definition) is 0. The first kappa shape index (κ1) is 5.93. The molecular weight excluding hydrogens is 70.9 g/mol. The fourth-order valence-electron chi connectivity index (χ4n) is 0.348. The van der Waals surface area contributed by atoms with Gasteiger partial charge >= 0.3 is 39.5 Å². The minimum atomic E-state index is 1.18. The van der Waals surface area contributed by atoms with Crippen LogP contribution in [0.1, 0.15) is 19.8 Å². The van der Waals surface area contributed by atoms with Crippen molar-refractivity contribution < 1.29 is 0 Å². The minimum absolute atomic E-state index is 1.18. The summed E-state index contributed by atoms with van der Waals surface area (Å²) in [6, 6.07) is 0. The molecule has 0 nitrogen and oxygen atoms in total. The predicted octanol–water partition coefficient (Wildman–Crippen LogP) is 1.34. The number of hydrogen-bond donors (Lipinski definition) is 0. The van der Waals surface area contributed by atoms with Crippen molar-refractivity contribution in [3.8, 4) is 0 Å². The van der Waals surface area contributed by atoms with Crippen LogP contribution in [-0.2, 0) is 0 Å². The zero-order chi connectivity index (χ0) is 4.83. The van der Waals surface area contributed by atoms with Crippen molar-refractivity contribution in [1.82, 2.24) is 0 Å². The van der Waals surface area contributed by atoms with E-state index < -0.39 is 0 Å². The maximum atomic E-state index is 3.60. The van der Waals surface area contributed by atoms with Crippen LogP contribution < -0.4 is 0 Å². The van der Waals surface area contributed by atoms with Crippen molar-refractivity contribution >= 4 is 13.4 Å². The van der Waals surface area contributed by atoms with Gasteiger partial charge in [-0.3, -0.25) is 0 Å². The quantitative estimate of drug-likeness (QED) is 0.356. The Morgan fingerprint density at radius 3 is 2.50 bits per heavy atom. The van der Waals surface area contributed by atoms with Crippen molar-refractivity contribution in [2.45, 2.75) is 26.1 Å². The Hall–Kier alpha value is -0.0651. The van der Waals surface area contributed by atoms with E-state index in [9.17, 15) is 0 Å². The van der Waals surface area contributed by atoms with E-state index in [-0.39, 0.29) is 0 Å². The Balaban J connectivity index is 2.49. The van der Waals surface area contributed by atoms with Crippen LogP contribution in [0.2, 0.25) is 6.32 Å². The van der Waals surface area contributed by atoms with E-state index >= 15 is 0 Å². The van der Waals surface area contributed by atoms with Crippen LogP contribution in [0.15, 0.2) is 0 Å². The molecule has 0 rings (SSSR count). The topological polar surface area (TPSA) is 0 Å². The zero-order valence-electron chi connectivity index (χ0n) is 4.41. The van der Waals surface area contributed by atoms with Crippen LogP contribution in [0.25, 0.3) is 0 Å². The summed E-state index contributed by atoms with van der Waals surface area (Å²) in [6.45, 7) is 7.74. The molecule has 0 aromatic carbocycles. The van der Waals surface area contributed by atoms with E-state index in [2.05, 4.69) is 13.4 Å². The first-order valence-corrected chi connectivity index (χ1v) is 2.52. The van der Waals surface area contributed by atoms with E-state index in [4.69, 9.17) is 0 Å². The van der Waals surface area contributed by atoms with Crippen molar-refractivity contribution in [3.63, 3.8) is 0 Å². The molecule has 0 aliphatic heterocycles. The Kier molecular flexibility index (Phi) is 4.88. The van der Waals surface area contributed by atoms with Gasteiger partial charge in [-0.2, -0.15) is 0 Å². The average Bonchev–Trinajstić information content (AvgIpc) is 1.61. The van der Waals surface area contributed by atoms with Crippen LogP contribution >= 0.6 is 0 Å². The second-order valence-corrected chi connectivity index (χ2v) is 1.43. The van der Waals surface area contributed by atoms with Gasteiger partial charge in [0.2, 0.25) is 0 Å². The summed E-state index contributed by atoms with van der Waals surface area (Å²) in [5.74, 6) is 0. The first-order valence-electron chi connectivity index (χ1n) is 2.52. The molecular formula is C5H11B. The van der Waals surface area contributed by atoms with Gasteiger partial charge < -0.3 is 0 Å². The summed E-state index contributed by atoms with van der Waals surface area (Å²) in [7, 11) is 0. The van der Waals surface area contributed by atoms with Gasteiger partial charge in [0, 0.05) is 0 Å². The van der Waals surface area contributed by atoms with E-state index in [1.165, 1.54) is 19.2 Å². The predicted molar refractivity (Wildman–Crippen MR) is 32.6 cm³/mol. The van der Waals surface area contributed by atoms with Gasteiger partial charge in [-0.25, -0.2) is 0 Å². The van der Waals surface area contributed by atoms with Gasteiger partial charge in [-0.15, -0.1) is 0 Å². The molecule has 0 saturated carbocycles. The molecule has 0 aromatic heterocycles. The molecule has 1 heteroatoms. The van der Waals surface area contributed by atoms with Gasteiger partial charge in [0.15, 0.2) is 0 Å². The third-order valence-electron chi connectivity index (χ3n) is 0.762. The molecule has 0 heterocycles. The monoisotopic (exact) mass is 82.1 g/mol. The molecule has 0 atom stereocenters. The summed E-state index contributed by atoms with van der Waals surface area (Å²) >= 11 is 0. The Morgan fingerprint density at radius 1 is 1.67 bits per heavy atom. The second kappa shape index (κ2) is 4.93. The van der Waals surface area contributed by atoms with Gasteiger partial charge in [-0.1, -0.05) is 0 Å². The number of unbranched alkanes of at least 4 members (excludes halogenated alkanes) is 1. The SMILES string of the molecule is C=BCCCC. The molecule has 0 aliphatic rings. The third kappa shape index (κ3) is 3.93. The van der Waals surface area contributed by atoms with Crippen molar-refractivity contribution in [2.24, 2.45) is 0 Å². The van der Waals surface area contributed by atoms with Crippen molar-refractivity contribution in [3.05, 3.63) is 0 Å². The second-order valence-electron chi connectivity index (χ2n) is 1.43. The van der Waals surface area contributed by atoms with Crippen LogP contribution in [0, 0.1) is 0 Å². The summed E-state index contributed by atoms with van der Waals surface area (Å²) < 4.78 is 0. The summed E-state index contributed by atoms with van der Waals surface area (Å²) in [6.07, 6.45) is 3.76. The first-order chi connectivity index (χ1) is 2.91. The molecule has 6 heavy (non-hydrogen) atoms. The van der Waals surface area contributed by atoms with Gasteiger partial charge in [0.1, 0.15) is 0 Å². The fourth-order valence-corrected chi connectivity index (χ4v) is 0.348. The van der Waals surface area contributed by atoms with Gasteiger partial charge in [0.05, 0.1) is 0 Å². The van der Waals surface area contributed by atoms with Crippen LogP contribution in [0.4, 0.5) is 0 Å². The average molecular weight is 82.0 g/mol. The molecule has 0 fully saturated rings. The van der Waals surface area contributed by atoms with Crippen LogP contribution in [-0.4, -0.2) is 13.4 Å². The zero-order valence-corrected chi connectivity index (χ0v) is 4.41. The third-order valence-corrected chi connectivity index (χ3v) is 0.762. The molecule has 0 N–H and O–H groups in total. The Bertz CT molecular complexity index is 32.9. The standard InChI is InChI=1S/C5H11B/c1-3-4-5-6-2/h2-5H2,1H3. The van der Waals surface area contributed by atoms with Crippen LogP contribution in [0.3, 0.4) is 0 Å². The van der Waals surface area contributed by atoms with E-state index in [0.717, 1.165) is 0 Å².